The summed E-state index contributed by atoms with van der Waals surface area (Å²) in [6.07, 6.45) is 2.88. The summed E-state index contributed by atoms with van der Waals surface area (Å²) in [6, 6.07) is 31.1. The summed E-state index contributed by atoms with van der Waals surface area (Å²) in [7, 11) is 0. The predicted molar refractivity (Wildman–Crippen MR) is 129 cm³/mol. The maximum atomic E-state index is 12.4. The van der Waals surface area contributed by atoms with Crippen molar-refractivity contribution in [3.8, 4) is 0 Å². The summed E-state index contributed by atoms with van der Waals surface area (Å²) in [5.41, 5.74) is 3.29. The van der Waals surface area contributed by atoms with Crippen LogP contribution in [0.4, 0.5) is 0 Å². The Morgan fingerprint density at radius 2 is 1.45 bits per heavy atom. The number of ether oxygens (including phenoxy) is 2. The van der Waals surface area contributed by atoms with Crippen LogP contribution in [0.2, 0.25) is 0 Å². The minimum atomic E-state index is -0.922. The van der Waals surface area contributed by atoms with Crippen LogP contribution < -0.4 is 0 Å². The zero-order valence-electron chi connectivity index (χ0n) is 18.9. The number of rotatable bonds is 6. The van der Waals surface area contributed by atoms with Crippen LogP contribution in [-0.4, -0.2) is 36.0 Å². The minimum absolute atomic E-state index is 0.00772. The van der Waals surface area contributed by atoms with Crippen molar-refractivity contribution in [2.24, 2.45) is 0 Å². The van der Waals surface area contributed by atoms with Crippen molar-refractivity contribution in [2.45, 2.75) is 50.2 Å². The molecule has 4 heteroatoms. The Labute approximate surface area is 196 Å². The standard InChI is InChI=1S/C29H31NO3/c31-27-16-18-30(22-23-10-4-1-5-11-23)26(20-27)21-28-17-19-32-29(33-28,24-12-6-2-7-13-24)25-14-8-3-9-15-25/h1-15,26,28H,16-22H2/t26-,28-/m0/s1. The van der Waals surface area contributed by atoms with Gasteiger partial charge in [0, 0.05) is 43.1 Å². The molecular formula is C29H31NO3. The van der Waals surface area contributed by atoms with Crippen LogP contribution in [0.3, 0.4) is 0 Å². The molecule has 2 fully saturated rings. The van der Waals surface area contributed by atoms with Gasteiger partial charge in [0.2, 0.25) is 5.79 Å². The molecule has 0 bridgehead atoms. The molecule has 2 aliphatic rings. The second-order valence-electron chi connectivity index (χ2n) is 9.06. The molecule has 0 spiro atoms. The molecule has 0 amide bonds. The average Bonchev–Trinajstić information content (AvgIpc) is 2.87. The van der Waals surface area contributed by atoms with Crippen molar-refractivity contribution in [3.05, 3.63) is 108 Å². The average molecular weight is 442 g/mol. The van der Waals surface area contributed by atoms with Gasteiger partial charge in [-0.2, -0.15) is 0 Å². The fourth-order valence-corrected chi connectivity index (χ4v) is 5.12. The highest BCUT2D eigenvalue weighted by atomic mass is 16.7. The first-order chi connectivity index (χ1) is 16.2. The van der Waals surface area contributed by atoms with Gasteiger partial charge in [-0.15, -0.1) is 0 Å². The van der Waals surface area contributed by atoms with Crippen LogP contribution in [0.15, 0.2) is 91.0 Å². The molecule has 3 aromatic carbocycles. The van der Waals surface area contributed by atoms with E-state index in [0.29, 0.717) is 25.2 Å². The summed E-state index contributed by atoms with van der Waals surface area (Å²) in [6.45, 7) is 2.29. The highest BCUT2D eigenvalue weighted by Crippen LogP contribution is 2.41. The molecular weight excluding hydrogens is 410 g/mol. The van der Waals surface area contributed by atoms with Gasteiger partial charge in [-0.25, -0.2) is 0 Å². The van der Waals surface area contributed by atoms with Gasteiger partial charge in [0.1, 0.15) is 5.78 Å². The van der Waals surface area contributed by atoms with Crippen LogP contribution in [0.1, 0.15) is 42.4 Å². The van der Waals surface area contributed by atoms with Gasteiger partial charge >= 0.3 is 0 Å². The Bertz CT molecular complexity index is 999. The molecule has 0 radical (unpaired) electrons. The number of ketones is 1. The summed E-state index contributed by atoms with van der Waals surface area (Å²) >= 11 is 0. The Morgan fingerprint density at radius 3 is 2.09 bits per heavy atom. The molecule has 0 aliphatic carbocycles. The maximum absolute atomic E-state index is 12.4. The van der Waals surface area contributed by atoms with E-state index in [2.05, 4.69) is 53.4 Å². The molecule has 5 rings (SSSR count). The fraction of sp³-hybridized carbons (Fsp3) is 0.345. The molecule has 0 N–H and O–H groups in total. The lowest BCUT2D eigenvalue weighted by atomic mass is 9.91. The van der Waals surface area contributed by atoms with Crippen molar-refractivity contribution in [1.82, 2.24) is 4.90 Å². The van der Waals surface area contributed by atoms with E-state index in [0.717, 1.165) is 37.1 Å². The largest absolute Gasteiger partial charge is 0.342 e. The third-order valence-corrected chi connectivity index (χ3v) is 6.81. The summed E-state index contributed by atoms with van der Waals surface area (Å²) in [5, 5.41) is 0. The van der Waals surface area contributed by atoms with E-state index in [1.165, 1.54) is 5.56 Å². The van der Waals surface area contributed by atoms with Crippen molar-refractivity contribution in [2.75, 3.05) is 13.2 Å². The van der Waals surface area contributed by atoms with E-state index in [4.69, 9.17) is 9.47 Å². The summed E-state index contributed by atoms with van der Waals surface area (Å²) in [5.74, 6) is -0.567. The second kappa shape index (κ2) is 10.0. The Balaban J connectivity index is 1.39. The van der Waals surface area contributed by atoms with Gasteiger partial charge in [-0.1, -0.05) is 91.0 Å². The van der Waals surface area contributed by atoms with Crippen LogP contribution in [0.25, 0.3) is 0 Å². The first kappa shape index (κ1) is 22.0. The number of Topliss-reactive ketones (excluding diaryl/α,β-unsaturated/α-hetero) is 1. The zero-order valence-corrected chi connectivity index (χ0v) is 18.9. The number of hydrogen-bond donors (Lipinski definition) is 0. The van der Waals surface area contributed by atoms with E-state index in [1.807, 2.05) is 42.5 Å². The molecule has 0 unspecified atom stereocenters. The fourth-order valence-electron chi connectivity index (χ4n) is 5.12. The molecule has 2 heterocycles. The van der Waals surface area contributed by atoms with Gasteiger partial charge in [0.15, 0.2) is 0 Å². The smallest absolute Gasteiger partial charge is 0.222 e. The number of piperidine rings is 1. The normalized spacial score (nSPS) is 23.3. The van der Waals surface area contributed by atoms with Crippen LogP contribution in [-0.2, 0) is 26.6 Å². The van der Waals surface area contributed by atoms with Gasteiger partial charge in [0.25, 0.3) is 0 Å². The number of likely N-dealkylation sites (tertiary alicyclic amines) is 1. The molecule has 2 aliphatic heterocycles. The van der Waals surface area contributed by atoms with Gasteiger partial charge in [-0.05, 0) is 18.4 Å². The van der Waals surface area contributed by atoms with E-state index in [-0.39, 0.29) is 12.1 Å². The van der Waals surface area contributed by atoms with E-state index in [1.54, 1.807) is 0 Å². The van der Waals surface area contributed by atoms with E-state index < -0.39 is 5.79 Å². The number of carbonyl (C=O) groups excluding carboxylic acids is 1. The molecule has 0 aromatic heterocycles. The highest BCUT2D eigenvalue weighted by Gasteiger charge is 2.43. The molecule has 2 atom stereocenters. The lowest BCUT2D eigenvalue weighted by Crippen LogP contribution is -2.48. The second-order valence-corrected chi connectivity index (χ2v) is 9.06. The molecule has 3 aromatic rings. The highest BCUT2D eigenvalue weighted by molar-refractivity contribution is 5.80. The number of benzene rings is 3. The van der Waals surface area contributed by atoms with Gasteiger partial charge in [-0.3, -0.25) is 9.69 Å². The number of nitrogens with zero attached hydrogens (tertiary/aromatic N) is 1. The summed E-state index contributed by atoms with van der Waals surface area (Å²) < 4.78 is 13.2. The van der Waals surface area contributed by atoms with Crippen molar-refractivity contribution < 1.29 is 14.3 Å². The van der Waals surface area contributed by atoms with Crippen molar-refractivity contribution in [1.29, 1.82) is 0 Å². The lowest BCUT2D eigenvalue weighted by molar-refractivity contribution is -0.281. The van der Waals surface area contributed by atoms with Crippen LogP contribution in [0, 0.1) is 0 Å². The third-order valence-electron chi connectivity index (χ3n) is 6.81. The number of hydrogen-bond acceptors (Lipinski definition) is 4. The zero-order chi connectivity index (χ0) is 22.5. The Morgan fingerprint density at radius 1 is 0.848 bits per heavy atom. The van der Waals surface area contributed by atoms with Gasteiger partial charge < -0.3 is 9.47 Å². The quantitative estimate of drug-likeness (QED) is 0.519. The van der Waals surface area contributed by atoms with Crippen LogP contribution >= 0.6 is 0 Å². The minimum Gasteiger partial charge on any atom is -0.342 e. The third kappa shape index (κ3) is 4.93. The Hall–Kier alpha value is -2.79. The Kier molecular flexibility index (Phi) is 6.68. The lowest BCUT2D eigenvalue weighted by Gasteiger charge is -2.44. The predicted octanol–water partition coefficient (Wildman–Crippen LogP) is 5.32. The van der Waals surface area contributed by atoms with Gasteiger partial charge in [0.05, 0.1) is 12.7 Å². The van der Waals surface area contributed by atoms with Crippen LogP contribution in [0.5, 0.6) is 0 Å². The van der Waals surface area contributed by atoms with E-state index in [9.17, 15) is 4.79 Å². The maximum Gasteiger partial charge on any atom is 0.222 e. The first-order valence-corrected chi connectivity index (χ1v) is 12.0. The monoisotopic (exact) mass is 441 g/mol. The molecule has 0 saturated carbocycles. The van der Waals surface area contributed by atoms with Crippen molar-refractivity contribution in [3.63, 3.8) is 0 Å². The summed E-state index contributed by atoms with van der Waals surface area (Å²) in [4.78, 5) is 14.9. The molecule has 4 nitrogen and oxygen atoms in total. The van der Waals surface area contributed by atoms with Crippen molar-refractivity contribution >= 4 is 5.78 Å². The van der Waals surface area contributed by atoms with E-state index >= 15 is 0 Å². The molecule has 33 heavy (non-hydrogen) atoms. The number of carbonyl (C=O) groups is 1. The SMILES string of the molecule is O=C1CCN(Cc2ccccc2)[C@H](C[C@@H]2CCOC(c3ccccc3)(c3ccccc3)O2)C1. The first-order valence-electron chi connectivity index (χ1n) is 12.0. The topological polar surface area (TPSA) is 38.8 Å². The molecule has 2 saturated heterocycles. The molecule has 170 valence electrons.